The van der Waals surface area contributed by atoms with Gasteiger partial charge >= 0.3 is 11.9 Å². The molecule has 2 heterocycles. The van der Waals surface area contributed by atoms with Crippen molar-refractivity contribution in [2.24, 2.45) is 5.73 Å². The lowest BCUT2D eigenvalue weighted by atomic mass is 10.0. The molecule has 23 heavy (non-hydrogen) atoms. The van der Waals surface area contributed by atoms with Crippen molar-refractivity contribution in [3.05, 3.63) is 42.4 Å². The van der Waals surface area contributed by atoms with E-state index in [9.17, 15) is 14.7 Å². The lowest BCUT2D eigenvalue weighted by Crippen LogP contribution is -2.21. The van der Waals surface area contributed by atoms with Crippen LogP contribution < -0.4 is 5.73 Å². The number of benzene rings is 1. The van der Waals surface area contributed by atoms with E-state index in [0.29, 0.717) is 11.3 Å². The largest absolute Gasteiger partial charge is 0.506 e. The number of fused-ring (bicyclic) bond motifs is 1. The monoisotopic (exact) mass is 313 g/mol. The molecule has 0 radical (unpaired) electrons. The number of esters is 2. The summed E-state index contributed by atoms with van der Waals surface area (Å²) in [4.78, 5) is 31.6. The number of ether oxygens (including phenoxy) is 1. The topological polar surface area (TPSA) is 129 Å². The van der Waals surface area contributed by atoms with Crippen LogP contribution in [-0.2, 0) is 9.53 Å². The van der Waals surface area contributed by atoms with Crippen molar-refractivity contribution in [1.29, 1.82) is 0 Å². The standard InChI is InChI=1S/C15H11N3O5/c16-7-11(19)23-15(21)12-13-9(17-3-4-18-13)6-8(14(12)20)10-2-1-5-22-10/h1-6,20H,7,16H2. The Bertz CT molecular complexity index is 890. The number of carbonyl (C=O) groups excluding carboxylic acids is 2. The number of nitrogens with zero attached hydrogens (tertiary/aromatic N) is 2. The van der Waals surface area contributed by atoms with E-state index in [1.807, 2.05) is 0 Å². The fourth-order valence-corrected chi connectivity index (χ4v) is 2.11. The van der Waals surface area contributed by atoms with Gasteiger partial charge in [-0.2, -0.15) is 0 Å². The number of nitrogens with two attached hydrogens (primary N) is 1. The normalized spacial score (nSPS) is 10.7. The molecule has 0 saturated heterocycles. The summed E-state index contributed by atoms with van der Waals surface area (Å²) in [6, 6.07) is 4.76. The summed E-state index contributed by atoms with van der Waals surface area (Å²) in [6.45, 7) is -0.464. The maximum absolute atomic E-state index is 12.2. The smallest absolute Gasteiger partial charge is 0.351 e. The molecule has 0 amide bonds. The minimum Gasteiger partial charge on any atom is -0.506 e. The SMILES string of the molecule is NCC(=O)OC(=O)c1c(O)c(-c2ccco2)cc2nccnc12. The van der Waals surface area contributed by atoms with Crippen molar-refractivity contribution in [1.82, 2.24) is 9.97 Å². The van der Waals surface area contributed by atoms with Crippen LogP contribution in [0.2, 0.25) is 0 Å². The van der Waals surface area contributed by atoms with Gasteiger partial charge in [0, 0.05) is 12.4 Å². The Hall–Kier alpha value is -3.26. The van der Waals surface area contributed by atoms with Gasteiger partial charge in [0.25, 0.3) is 0 Å². The average Bonchev–Trinajstić information content (AvgIpc) is 3.08. The minimum atomic E-state index is -1.06. The third kappa shape index (κ3) is 2.62. The first-order chi connectivity index (χ1) is 11.1. The van der Waals surface area contributed by atoms with Gasteiger partial charge in [-0.3, -0.25) is 14.8 Å². The molecule has 3 rings (SSSR count). The first-order valence-corrected chi connectivity index (χ1v) is 6.57. The van der Waals surface area contributed by atoms with E-state index < -0.39 is 24.2 Å². The zero-order valence-corrected chi connectivity index (χ0v) is 11.7. The molecule has 2 aromatic heterocycles. The summed E-state index contributed by atoms with van der Waals surface area (Å²) in [5.41, 5.74) is 5.52. The van der Waals surface area contributed by atoms with Gasteiger partial charge in [-0.05, 0) is 18.2 Å². The van der Waals surface area contributed by atoms with Gasteiger partial charge in [0.1, 0.15) is 22.6 Å². The van der Waals surface area contributed by atoms with Gasteiger partial charge in [-0.25, -0.2) is 4.79 Å². The Morgan fingerprint density at radius 1 is 1.30 bits per heavy atom. The van der Waals surface area contributed by atoms with E-state index in [4.69, 9.17) is 10.2 Å². The van der Waals surface area contributed by atoms with Crippen molar-refractivity contribution in [2.75, 3.05) is 6.54 Å². The van der Waals surface area contributed by atoms with E-state index in [-0.39, 0.29) is 16.6 Å². The van der Waals surface area contributed by atoms with Crippen LogP contribution in [0.3, 0.4) is 0 Å². The highest BCUT2D eigenvalue weighted by molar-refractivity contribution is 6.09. The number of carbonyl (C=O) groups is 2. The molecule has 0 aliphatic heterocycles. The molecule has 0 fully saturated rings. The average molecular weight is 313 g/mol. The van der Waals surface area contributed by atoms with Gasteiger partial charge in [0.2, 0.25) is 0 Å². The highest BCUT2D eigenvalue weighted by Crippen LogP contribution is 2.37. The molecule has 0 aliphatic rings. The van der Waals surface area contributed by atoms with Gasteiger partial charge in [0.05, 0.1) is 23.9 Å². The lowest BCUT2D eigenvalue weighted by Gasteiger charge is -2.10. The van der Waals surface area contributed by atoms with Crippen LogP contribution in [0.1, 0.15) is 10.4 Å². The van der Waals surface area contributed by atoms with E-state index in [1.54, 1.807) is 12.1 Å². The van der Waals surface area contributed by atoms with E-state index >= 15 is 0 Å². The van der Waals surface area contributed by atoms with Gasteiger partial charge in [-0.1, -0.05) is 0 Å². The first-order valence-electron chi connectivity index (χ1n) is 6.57. The summed E-state index contributed by atoms with van der Waals surface area (Å²) in [6.07, 6.45) is 4.22. The first kappa shape index (κ1) is 14.7. The highest BCUT2D eigenvalue weighted by Gasteiger charge is 2.25. The van der Waals surface area contributed by atoms with Crippen molar-refractivity contribution >= 4 is 23.0 Å². The number of hydrogen-bond acceptors (Lipinski definition) is 8. The van der Waals surface area contributed by atoms with Crippen molar-refractivity contribution < 1.29 is 23.8 Å². The fraction of sp³-hybridized carbons (Fsp3) is 0.0667. The maximum atomic E-state index is 12.2. The summed E-state index contributed by atoms with van der Waals surface area (Å²) < 4.78 is 9.82. The molecule has 8 nitrogen and oxygen atoms in total. The number of aromatic nitrogens is 2. The molecular weight excluding hydrogens is 302 g/mol. The second-order valence-electron chi connectivity index (χ2n) is 4.51. The zero-order valence-electron chi connectivity index (χ0n) is 11.7. The molecule has 1 aromatic carbocycles. The van der Waals surface area contributed by atoms with Crippen LogP contribution in [-0.4, -0.2) is 33.6 Å². The number of rotatable bonds is 3. The maximum Gasteiger partial charge on any atom is 0.351 e. The Labute approximate surface area is 129 Å². The van der Waals surface area contributed by atoms with Crippen LogP contribution in [0, 0.1) is 0 Å². The Morgan fingerprint density at radius 3 is 2.78 bits per heavy atom. The summed E-state index contributed by atoms with van der Waals surface area (Å²) in [7, 11) is 0. The molecule has 0 saturated carbocycles. The lowest BCUT2D eigenvalue weighted by molar-refractivity contribution is -0.136. The van der Waals surface area contributed by atoms with Crippen LogP contribution in [0.5, 0.6) is 5.75 Å². The predicted molar refractivity (Wildman–Crippen MR) is 78.4 cm³/mol. The van der Waals surface area contributed by atoms with Crippen LogP contribution in [0.25, 0.3) is 22.4 Å². The second kappa shape index (κ2) is 5.85. The van der Waals surface area contributed by atoms with Gasteiger partial charge in [-0.15, -0.1) is 0 Å². The second-order valence-corrected chi connectivity index (χ2v) is 4.51. The quantitative estimate of drug-likeness (QED) is 0.546. The van der Waals surface area contributed by atoms with Crippen molar-refractivity contribution in [3.8, 4) is 17.1 Å². The summed E-state index contributed by atoms with van der Waals surface area (Å²) in [5, 5.41) is 10.4. The number of phenols is 1. The molecule has 0 bridgehead atoms. The Morgan fingerprint density at radius 2 is 2.09 bits per heavy atom. The van der Waals surface area contributed by atoms with Crippen molar-refractivity contribution in [2.45, 2.75) is 0 Å². The zero-order chi connectivity index (χ0) is 16.4. The number of hydrogen-bond donors (Lipinski definition) is 2. The van der Waals surface area contributed by atoms with E-state index in [1.165, 1.54) is 24.7 Å². The van der Waals surface area contributed by atoms with E-state index in [0.717, 1.165) is 0 Å². The molecule has 0 unspecified atom stereocenters. The predicted octanol–water partition coefficient (Wildman–Crippen LogP) is 1.24. The number of furan rings is 1. The molecule has 0 spiro atoms. The summed E-state index contributed by atoms with van der Waals surface area (Å²) >= 11 is 0. The van der Waals surface area contributed by atoms with Crippen LogP contribution >= 0.6 is 0 Å². The Balaban J connectivity index is 2.24. The molecule has 3 aromatic rings. The third-order valence-electron chi connectivity index (χ3n) is 3.10. The molecule has 8 heteroatoms. The van der Waals surface area contributed by atoms with Crippen LogP contribution in [0.4, 0.5) is 0 Å². The fourth-order valence-electron chi connectivity index (χ4n) is 2.11. The Kier molecular flexibility index (Phi) is 3.73. The molecular formula is C15H11N3O5. The molecule has 116 valence electrons. The minimum absolute atomic E-state index is 0.107. The van der Waals surface area contributed by atoms with E-state index in [2.05, 4.69) is 14.7 Å². The number of phenolic OH excluding ortho intramolecular Hbond substituents is 1. The molecule has 0 atom stereocenters. The molecule has 3 N–H and O–H groups in total. The van der Waals surface area contributed by atoms with Crippen molar-refractivity contribution in [3.63, 3.8) is 0 Å². The van der Waals surface area contributed by atoms with Crippen LogP contribution in [0.15, 0.2) is 41.3 Å². The van der Waals surface area contributed by atoms with Gasteiger partial charge < -0.3 is 20.0 Å². The number of aromatic hydroxyl groups is 1. The third-order valence-corrected chi connectivity index (χ3v) is 3.10. The highest BCUT2D eigenvalue weighted by atomic mass is 16.6. The summed E-state index contributed by atoms with van der Waals surface area (Å²) in [5.74, 6) is -2.07. The van der Waals surface area contributed by atoms with Gasteiger partial charge in [0.15, 0.2) is 0 Å². The molecule has 0 aliphatic carbocycles.